The van der Waals surface area contributed by atoms with Crippen molar-refractivity contribution in [1.82, 2.24) is 15.0 Å². The normalized spacial score (nSPS) is 25.1. The standard InChI is InChI=1S/C22H20F5N3O3S/c1-9-15(10-5-6-12(23)16(24)17(10)32-3)18(33-21(9,2)22(25,26)27)13-7-14(31)11-8-28-20(34-4)30-19(11)29-13/h5-9,15,18H,1-4H3,(H,28,29,30,31)/t9-,15-,18-,21+/m0/s1. The number of methoxy groups -OCH3 is 1. The average Bonchev–Trinajstić information content (AvgIpc) is 3.07. The van der Waals surface area contributed by atoms with E-state index in [1.807, 2.05) is 0 Å². The molecular formula is C22H20F5N3O3S. The van der Waals surface area contributed by atoms with Gasteiger partial charge in [0.25, 0.3) is 0 Å². The first-order chi connectivity index (χ1) is 15.9. The minimum atomic E-state index is -4.80. The number of hydrogen-bond donors (Lipinski definition) is 1. The molecule has 0 bridgehead atoms. The van der Waals surface area contributed by atoms with Gasteiger partial charge in [-0.05, 0) is 19.2 Å². The van der Waals surface area contributed by atoms with E-state index in [2.05, 4.69) is 15.0 Å². The van der Waals surface area contributed by atoms with Gasteiger partial charge in [0.1, 0.15) is 11.8 Å². The van der Waals surface area contributed by atoms with Crippen molar-refractivity contribution < 1.29 is 31.4 Å². The van der Waals surface area contributed by atoms with Gasteiger partial charge in [-0.2, -0.15) is 17.6 Å². The number of H-pyrrole nitrogens is 1. The maximum atomic E-state index is 14.5. The molecule has 4 atom stereocenters. The first-order valence-electron chi connectivity index (χ1n) is 10.1. The van der Waals surface area contributed by atoms with Crippen LogP contribution in [0.1, 0.15) is 37.1 Å². The van der Waals surface area contributed by atoms with Gasteiger partial charge in [0.15, 0.2) is 27.8 Å². The van der Waals surface area contributed by atoms with Gasteiger partial charge < -0.3 is 14.5 Å². The Morgan fingerprint density at radius 1 is 1.26 bits per heavy atom. The number of nitrogens with zero attached hydrogens (tertiary/aromatic N) is 2. The van der Waals surface area contributed by atoms with Crippen LogP contribution in [0.2, 0.25) is 0 Å². The molecule has 1 saturated heterocycles. The van der Waals surface area contributed by atoms with Crippen LogP contribution in [-0.2, 0) is 4.74 Å². The van der Waals surface area contributed by atoms with Crippen LogP contribution in [0.3, 0.4) is 0 Å². The van der Waals surface area contributed by atoms with Crippen LogP contribution < -0.4 is 10.2 Å². The summed E-state index contributed by atoms with van der Waals surface area (Å²) in [5, 5.41) is 0.494. The Morgan fingerprint density at radius 3 is 2.59 bits per heavy atom. The molecule has 34 heavy (non-hydrogen) atoms. The number of aromatic amines is 1. The molecular weight excluding hydrogens is 481 g/mol. The Kier molecular flexibility index (Phi) is 6.09. The van der Waals surface area contributed by atoms with E-state index in [0.29, 0.717) is 5.16 Å². The van der Waals surface area contributed by atoms with Crippen LogP contribution in [0, 0.1) is 17.6 Å². The van der Waals surface area contributed by atoms with E-state index in [-0.39, 0.29) is 22.3 Å². The summed E-state index contributed by atoms with van der Waals surface area (Å²) in [5.74, 6) is -5.46. The first kappa shape index (κ1) is 24.4. The number of alkyl halides is 3. The zero-order chi connectivity index (χ0) is 25.0. The summed E-state index contributed by atoms with van der Waals surface area (Å²) >= 11 is 1.22. The molecule has 3 aromatic rings. The summed E-state index contributed by atoms with van der Waals surface area (Å²) in [6.07, 6.45) is -3.11. The van der Waals surface area contributed by atoms with Gasteiger partial charge in [-0.3, -0.25) is 4.79 Å². The number of nitrogens with one attached hydrogen (secondary N) is 1. The molecule has 0 amide bonds. The van der Waals surface area contributed by atoms with Crippen LogP contribution in [-0.4, -0.2) is 40.1 Å². The Morgan fingerprint density at radius 2 is 1.97 bits per heavy atom. The van der Waals surface area contributed by atoms with E-state index in [0.717, 1.165) is 26.2 Å². The van der Waals surface area contributed by atoms with Gasteiger partial charge in [-0.15, -0.1) is 0 Å². The number of hydrogen-bond acceptors (Lipinski definition) is 6. The van der Waals surface area contributed by atoms with Gasteiger partial charge in [-0.25, -0.2) is 14.4 Å². The minimum Gasteiger partial charge on any atom is -0.493 e. The lowest BCUT2D eigenvalue weighted by atomic mass is 9.76. The highest BCUT2D eigenvalue weighted by atomic mass is 32.2. The molecule has 12 heteroatoms. The highest BCUT2D eigenvalue weighted by molar-refractivity contribution is 7.98. The molecule has 1 aromatic carbocycles. The smallest absolute Gasteiger partial charge is 0.417 e. The maximum Gasteiger partial charge on any atom is 0.417 e. The lowest BCUT2D eigenvalue weighted by Crippen LogP contribution is -2.46. The predicted octanol–water partition coefficient (Wildman–Crippen LogP) is 5.14. The van der Waals surface area contributed by atoms with Gasteiger partial charge >= 0.3 is 6.18 Å². The van der Waals surface area contributed by atoms with E-state index in [4.69, 9.17) is 9.47 Å². The van der Waals surface area contributed by atoms with Crippen LogP contribution in [0.5, 0.6) is 5.75 Å². The fourth-order valence-electron chi connectivity index (χ4n) is 4.37. The molecule has 1 N–H and O–H groups in total. The van der Waals surface area contributed by atoms with E-state index >= 15 is 0 Å². The summed E-state index contributed by atoms with van der Waals surface area (Å²) in [6, 6.07) is 3.11. The Hall–Kier alpha value is -2.73. The first-order valence-corrected chi connectivity index (χ1v) is 11.4. The molecule has 6 nitrogen and oxygen atoms in total. The number of benzene rings is 1. The van der Waals surface area contributed by atoms with Crippen molar-refractivity contribution in [3.63, 3.8) is 0 Å². The third kappa shape index (κ3) is 3.72. The quantitative estimate of drug-likeness (QED) is 0.303. The van der Waals surface area contributed by atoms with E-state index in [1.165, 1.54) is 30.9 Å². The number of pyridine rings is 1. The zero-order valence-electron chi connectivity index (χ0n) is 18.5. The molecule has 1 aliphatic rings. The van der Waals surface area contributed by atoms with Gasteiger partial charge in [0.2, 0.25) is 5.82 Å². The second-order valence-electron chi connectivity index (χ2n) is 8.15. The van der Waals surface area contributed by atoms with Crippen molar-refractivity contribution in [2.24, 2.45) is 5.92 Å². The molecule has 2 aromatic heterocycles. The van der Waals surface area contributed by atoms with Crippen molar-refractivity contribution in [3.8, 4) is 5.75 Å². The fraction of sp³-hybridized carbons (Fsp3) is 0.409. The van der Waals surface area contributed by atoms with Crippen molar-refractivity contribution in [3.05, 3.63) is 57.5 Å². The number of fused-ring (bicyclic) bond motifs is 1. The van der Waals surface area contributed by atoms with Crippen LogP contribution in [0.25, 0.3) is 11.0 Å². The number of aromatic nitrogens is 3. The highest BCUT2D eigenvalue weighted by Gasteiger charge is 2.65. The molecule has 1 aliphatic heterocycles. The van der Waals surface area contributed by atoms with Crippen molar-refractivity contribution in [2.75, 3.05) is 13.4 Å². The predicted molar refractivity (Wildman–Crippen MR) is 115 cm³/mol. The number of ether oxygens (including phenoxy) is 2. The second kappa shape index (κ2) is 8.49. The topological polar surface area (TPSA) is 77.1 Å². The van der Waals surface area contributed by atoms with E-state index < -0.39 is 52.5 Å². The zero-order valence-corrected chi connectivity index (χ0v) is 19.3. The molecule has 0 spiro atoms. The average molecular weight is 501 g/mol. The molecule has 182 valence electrons. The number of thioether (sulfide) groups is 1. The van der Waals surface area contributed by atoms with Gasteiger partial charge in [-0.1, -0.05) is 24.8 Å². The Bertz CT molecular complexity index is 1320. The van der Waals surface area contributed by atoms with Crippen molar-refractivity contribution in [1.29, 1.82) is 0 Å². The Balaban J connectivity index is 1.96. The van der Waals surface area contributed by atoms with Crippen LogP contribution >= 0.6 is 11.8 Å². The summed E-state index contributed by atoms with van der Waals surface area (Å²) in [7, 11) is 1.10. The number of rotatable bonds is 4. The largest absolute Gasteiger partial charge is 0.493 e. The summed E-state index contributed by atoms with van der Waals surface area (Å²) in [4.78, 5) is 23.9. The van der Waals surface area contributed by atoms with E-state index in [9.17, 15) is 26.7 Å². The van der Waals surface area contributed by atoms with Crippen LogP contribution in [0.4, 0.5) is 22.0 Å². The monoisotopic (exact) mass is 501 g/mol. The van der Waals surface area contributed by atoms with E-state index in [1.54, 1.807) is 6.26 Å². The van der Waals surface area contributed by atoms with Crippen molar-refractivity contribution in [2.45, 2.75) is 42.8 Å². The lowest BCUT2D eigenvalue weighted by Gasteiger charge is -2.32. The summed E-state index contributed by atoms with van der Waals surface area (Å²) in [6.45, 7) is 2.20. The minimum absolute atomic E-state index is 0.0136. The Labute approximate surface area is 194 Å². The lowest BCUT2D eigenvalue weighted by molar-refractivity contribution is -0.275. The van der Waals surface area contributed by atoms with Gasteiger partial charge in [0, 0.05) is 29.7 Å². The fourth-order valence-corrected chi connectivity index (χ4v) is 4.71. The summed E-state index contributed by atoms with van der Waals surface area (Å²) in [5.41, 5.74) is -3.06. The highest BCUT2D eigenvalue weighted by Crippen LogP contribution is 2.59. The maximum absolute atomic E-state index is 14.5. The third-order valence-corrected chi connectivity index (χ3v) is 6.94. The third-order valence-electron chi connectivity index (χ3n) is 6.38. The van der Waals surface area contributed by atoms with Gasteiger partial charge in [0.05, 0.1) is 18.2 Å². The molecule has 0 unspecified atom stereocenters. The molecule has 3 heterocycles. The summed E-state index contributed by atoms with van der Waals surface area (Å²) < 4.78 is 81.4. The van der Waals surface area contributed by atoms with Crippen LogP contribution in [0.15, 0.2) is 34.3 Å². The molecule has 0 saturated carbocycles. The molecule has 0 radical (unpaired) electrons. The molecule has 0 aliphatic carbocycles. The molecule has 1 fully saturated rings. The number of halogens is 5. The second-order valence-corrected chi connectivity index (χ2v) is 8.92. The molecule has 4 rings (SSSR count). The SMILES string of the molecule is COc1c([C@H]2[C@H](c3cc(=O)c4cnc(SC)nc4[nH]3)O[C@@](C)(C(F)(F)F)[C@H]2C)ccc(F)c1F. The van der Waals surface area contributed by atoms with Crippen molar-refractivity contribution >= 4 is 22.8 Å².